The summed E-state index contributed by atoms with van der Waals surface area (Å²) in [5.41, 5.74) is 1.49. The SMILES string of the molecule is CC(C)C1CCN(Cc2ccc(C(=O)O)cc2Br)C1. The van der Waals surface area contributed by atoms with Gasteiger partial charge in [-0.2, -0.15) is 0 Å². The van der Waals surface area contributed by atoms with Crippen molar-refractivity contribution in [1.82, 2.24) is 4.90 Å². The third-order valence-electron chi connectivity index (χ3n) is 3.95. The van der Waals surface area contributed by atoms with Crippen LogP contribution in [0.15, 0.2) is 22.7 Å². The second kappa shape index (κ2) is 6.06. The fraction of sp³-hybridized carbons (Fsp3) is 0.533. The Morgan fingerprint density at radius 1 is 1.53 bits per heavy atom. The number of carboxylic acids is 1. The lowest BCUT2D eigenvalue weighted by molar-refractivity contribution is 0.0697. The molecule has 0 amide bonds. The Hall–Kier alpha value is -0.870. The molecule has 1 aromatic carbocycles. The fourth-order valence-electron chi connectivity index (χ4n) is 2.60. The fourth-order valence-corrected chi connectivity index (χ4v) is 3.10. The first kappa shape index (κ1) is 14.5. The van der Waals surface area contributed by atoms with Gasteiger partial charge in [-0.15, -0.1) is 0 Å². The molecule has 0 radical (unpaired) electrons. The van der Waals surface area contributed by atoms with Gasteiger partial charge in [0.1, 0.15) is 0 Å². The lowest BCUT2D eigenvalue weighted by Crippen LogP contribution is -2.21. The van der Waals surface area contributed by atoms with Crippen LogP contribution in [0.1, 0.15) is 36.2 Å². The molecule has 1 saturated heterocycles. The molecule has 1 aliphatic heterocycles. The van der Waals surface area contributed by atoms with Crippen molar-refractivity contribution in [1.29, 1.82) is 0 Å². The lowest BCUT2D eigenvalue weighted by Gasteiger charge is -2.18. The molecule has 2 rings (SSSR count). The van der Waals surface area contributed by atoms with Gasteiger partial charge in [0.25, 0.3) is 0 Å². The quantitative estimate of drug-likeness (QED) is 0.919. The molecular formula is C15H20BrNO2. The van der Waals surface area contributed by atoms with E-state index in [1.165, 1.54) is 6.42 Å². The number of aromatic carboxylic acids is 1. The van der Waals surface area contributed by atoms with Gasteiger partial charge in [-0.05, 0) is 42.5 Å². The molecule has 1 aromatic rings. The first-order valence-electron chi connectivity index (χ1n) is 6.71. The molecule has 1 aliphatic rings. The largest absolute Gasteiger partial charge is 0.478 e. The van der Waals surface area contributed by atoms with Gasteiger partial charge >= 0.3 is 5.97 Å². The average molecular weight is 326 g/mol. The predicted octanol–water partition coefficient (Wildman–Crippen LogP) is 3.63. The zero-order valence-electron chi connectivity index (χ0n) is 11.4. The third-order valence-corrected chi connectivity index (χ3v) is 4.68. The van der Waals surface area contributed by atoms with Gasteiger partial charge in [0, 0.05) is 17.6 Å². The number of nitrogens with zero attached hydrogens (tertiary/aromatic N) is 1. The molecule has 0 aromatic heterocycles. The highest BCUT2D eigenvalue weighted by atomic mass is 79.9. The van der Waals surface area contributed by atoms with E-state index < -0.39 is 5.97 Å². The van der Waals surface area contributed by atoms with Crippen molar-refractivity contribution in [3.8, 4) is 0 Å². The van der Waals surface area contributed by atoms with Crippen LogP contribution < -0.4 is 0 Å². The number of rotatable bonds is 4. The number of likely N-dealkylation sites (tertiary alicyclic amines) is 1. The molecular weight excluding hydrogens is 306 g/mol. The molecule has 0 saturated carbocycles. The Labute approximate surface area is 122 Å². The zero-order valence-corrected chi connectivity index (χ0v) is 13.0. The molecule has 3 nitrogen and oxygen atoms in total. The van der Waals surface area contributed by atoms with Gasteiger partial charge in [0.05, 0.1) is 5.56 Å². The van der Waals surface area contributed by atoms with E-state index in [2.05, 4.69) is 34.7 Å². The number of carboxylic acid groups (broad SMARTS) is 1. The molecule has 1 fully saturated rings. The van der Waals surface area contributed by atoms with Gasteiger partial charge in [-0.1, -0.05) is 35.8 Å². The number of benzene rings is 1. The first-order valence-corrected chi connectivity index (χ1v) is 7.50. The van der Waals surface area contributed by atoms with Crippen LogP contribution in [-0.4, -0.2) is 29.1 Å². The van der Waals surface area contributed by atoms with Crippen LogP contribution in [0.2, 0.25) is 0 Å². The minimum Gasteiger partial charge on any atom is -0.478 e. The van der Waals surface area contributed by atoms with Crippen molar-refractivity contribution < 1.29 is 9.90 Å². The van der Waals surface area contributed by atoms with Crippen molar-refractivity contribution in [2.75, 3.05) is 13.1 Å². The summed E-state index contributed by atoms with van der Waals surface area (Å²) in [7, 11) is 0. The summed E-state index contributed by atoms with van der Waals surface area (Å²) in [5.74, 6) is 0.646. The summed E-state index contributed by atoms with van der Waals surface area (Å²) >= 11 is 3.48. The molecule has 0 spiro atoms. The van der Waals surface area contributed by atoms with E-state index in [4.69, 9.17) is 5.11 Å². The van der Waals surface area contributed by atoms with E-state index in [0.717, 1.165) is 41.5 Å². The van der Waals surface area contributed by atoms with E-state index in [9.17, 15) is 4.79 Å². The van der Waals surface area contributed by atoms with Crippen LogP contribution in [0.4, 0.5) is 0 Å². The molecule has 104 valence electrons. The highest BCUT2D eigenvalue weighted by molar-refractivity contribution is 9.10. The summed E-state index contributed by atoms with van der Waals surface area (Å²) in [4.78, 5) is 13.3. The number of hydrogen-bond donors (Lipinski definition) is 1. The molecule has 4 heteroatoms. The van der Waals surface area contributed by atoms with Crippen molar-refractivity contribution in [2.45, 2.75) is 26.8 Å². The van der Waals surface area contributed by atoms with Crippen LogP contribution in [0.5, 0.6) is 0 Å². The molecule has 1 N–H and O–H groups in total. The Kier molecular flexibility index (Phi) is 4.63. The maximum absolute atomic E-state index is 10.9. The minimum absolute atomic E-state index is 0.331. The summed E-state index contributed by atoms with van der Waals surface area (Å²) in [5, 5.41) is 8.95. The van der Waals surface area contributed by atoms with E-state index in [0.29, 0.717) is 5.56 Å². The van der Waals surface area contributed by atoms with Gasteiger partial charge in [0.2, 0.25) is 0 Å². The number of halogens is 1. The molecule has 1 heterocycles. The van der Waals surface area contributed by atoms with Crippen molar-refractivity contribution in [2.24, 2.45) is 11.8 Å². The summed E-state index contributed by atoms with van der Waals surface area (Å²) in [6.07, 6.45) is 1.27. The van der Waals surface area contributed by atoms with Crippen LogP contribution in [0, 0.1) is 11.8 Å². The zero-order chi connectivity index (χ0) is 14.0. The monoisotopic (exact) mass is 325 g/mol. The topological polar surface area (TPSA) is 40.5 Å². The second-order valence-electron chi connectivity index (χ2n) is 5.64. The lowest BCUT2D eigenvalue weighted by atomic mass is 9.95. The molecule has 1 atom stereocenters. The van der Waals surface area contributed by atoms with Crippen molar-refractivity contribution in [3.63, 3.8) is 0 Å². The van der Waals surface area contributed by atoms with Crippen LogP contribution in [-0.2, 0) is 6.54 Å². The van der Waals surface area contributed by atoms with Crippen molar-refractivity contribution in [3.05, 3.63) is 33.8 Å². The summed E-state index contributed by atoms with van der Waals surface area (Å²) < 4.78 is 0.889. The Morgan fingerprint density at radius 2 is 2.26 bits per heavy atom. The number of carbonyl (C=O) groups is 1. The van der Waals surface area contributed by atoms with E-state index in [1.54, 1.807) is 12.1 Å². The van der Waals surface area contributed by atoms with Gasteiger partial charge in [-0.3, -0.25) is 4.90 Å². The smallest absolute Gasteiger partial charge is 0.335 e. The Balaban J connectivity index is 2.02. The van der Waals surface area contributed by atoms with Gasteiger partial charge in [0.15, 0.2) is 0 Å². The molecule has 0 bridgehead atoms. The highest BCUT2D eigenvalue weighted by Crippen LogP contribution is 2.27. The number of hydrogen-bond acceptors (Lipinski definition) is 2. The molecule has 19 heavy (non-hydrogen) atoms. The highest BCUT2D eigenvalue weighted by Gasteiger charge is 2.25. The van der Waals surface area contributed by atoms with Gasteiger partial charge < -0.3 is 5.11 Å². The molecule has 0 aliphatic carbocycles. The normalized spacial score (nSPS) is 20.1. The third kappa shape index (κ3) is 3.57. The summed E-state index contributed by atoms with van der Waals surface area (Å²) in [6.45, 7) is 7.74. The Morgan fingerprint density at radius 3 is 2.79 bits per heavy atom. The second-order valence-corrected chi connectivity index (χ2v) is 6.49. The van der Waals surface area contributed by atoms with E-state index in [-0.39, 0.29) is 0 Å². The standard InChI is InChI=1S/C15H20BrNO2/c1-10(2)12-5-6-17(8-12)9-13-4-3-11(15(18)19)7-14(13)16/h3-4,7,10,12H,5-6,8-9H2,1-2H3,(H,18,19). The predicted molar refractivity (Wildman–Crippen MR) is 79.3 cm³/mol. The summed E-state index contributed by atoms with van der Waals surface area (Å²) in [6, 6.07) is 5.28. The van der Waals surface area contributed by atoms with Crippen LogP contribution >= 0.6 is 15.9 Å². The maximum Gasteiger partial charge on any atom is 0.335 e. The Bertz CT molecular complexity index is 473. The maximum atomic E-state index is 10.9. The average Bonchev–Trinajstić information content (AvgIpc) is 2.80. The van der Waals surface area contributed by atoms with Gasteiger partial charge in [-0.25, -0.2) is 4.79 Å². The minimum atomic E-state index is -0.881. The van der Waals surface area contributed by atoms with Crippen LogP contribution in [0.3, 0.4) is 0 Å². The van der Waals surface area contributed by atoms with E-state index in [1.807, 2.05) is 6.07 Å². The van der Waals surface area contributed by atoms with E-state index >= 15 is 0 Å². The van der Waals surface area contributed by atoms with Crippen molar-refractivity contribution >= 4 is 21.9 Å². The van der Waals surface area contributed by atoms with Crippen LogP contribution in [0.25, 0.3) is 0 Å². The molecule has 1 unspecified atom stereocenters. The first-order chi connectivity index (χ1) is 8.97.